The molecule has 1 N–H and O–H groups in total. The molecule has 150 valence electrons. The van der Waals surface area contributed by atoms with Gasteiger partial charge in [-0.25, -0.2) is 8.42 Å². The van der Waals surface area contributed by atoms with Crippen LogP contribution in [0.1, 0.15) is 5.56 Å². The van der Waals surface area contributed by atoms with Gasteiger partial charge < -0.3 is 9.84 Å². The van der Waals surface area contributed by atoms with E-state index in [1.807, 2.05) is 0 Å². The number of para-hydroxylation sites is 1. The standard InChI is InChI=1S/C20H16BrClN2O4S/c1-28-19-11-8-14(22)12-18(19)23-20(25)16-4-2-3-5-17(16)24-29(26,27)15-9-6-13(21)7-10-15/h2-12,24H,1H3,(H,23,25)/p-1. The number of hydrogen-bond acceptors (Lipinski definition) is 5. The molecule has 0 bridgehead atoms. The number of hydrogen-bond donors (Lipinski definition) is 1. The van der Waals surface area contributed by atoms with Crippen LogP contribution in [0.4, 0.5) is 11.4 Å². The Bertz CT molecular complexity index is 1170. The van der Waals surface area contributed by atoms with Gasteiger partial charge in [0.2, 0.25) is 0 Å². The fraction of sp³-hybridized carbons (Fsp3) is 0.0500. The van der Waals surface area contributed by atoms with E-state index in [1.165, 1.54) is 37.4 Å². The minimum absolute atomic E-state index is 0.0661. The number of ether oxygens (including phenoxy) is 1. The van der Waals surface area contributed by atoms with Crippen LogP contribution in [0.5, 0.6) is 5.75 Å². The van der Waals surface area contributed by atoms with Crippen LogP contribution in [0.2, 0.25) is 5.02 Å². The molecule has 9 heteroatoms. The minimum atomic E-state index is -3.89. The number of sulfonamides is 1. The number of methoxy groups -OCH3 is 1. The second-order valence-electron chi connectivity index (χ2n) is 5.84. The molecule has 0 aliphatic heterocycles. The van der Waals surface area contributed by atoms with E-state index in [0.717, 1.165) is 4.47 Å². The highest BCUT2D eigenvalue weighted by molar-refractivity contribution is 9.10. The van der Waals surface area contributed by atoms with Gasteiger partial charge in [-0.3, -0.25) is 9.71 Å². The van der Waals surface area contributed by atoms with Crippen molar-refractivity contribution in [3.05, 3.63) is 81.8 Å². The smallest absolute Gasteiger partial charge is 0.261 e. The summed E-state index contributed by atoms with van der Waals surface area (Å²) in [6, 6.07) is 17.1. The van der Waals surface area contributed by atoms with E-state index in [0.29, 0.717) is 10.8 Å². The second-order valence-corrected chi connectivity index (χ2v) is 8.87. The van der Waals surface area contributed by atoms with Crippen molar-refractivity contribution < 1.29 is 18.3 Å². The second kappa shape index (κ2) is 8.86. The van der Waals surface area contributed by atoms with E-state index in [1.54, 1.807) is 36.4 Å². The third kappa shape index (κ3) is 5.09. The van der Waals surface area contributed by atoms with E-state index >= 15 is 0 Å². The largest absolute Gasteiger partial charge is 0.858 e. The minimum Gasteiger partial charge on any atom is -0.858 e. The highest BCUT2D eigenvalue weighted by Crippen LogP contribution is 2.31. The quantitative estimate of drug-likeness (QED) is 0.407. The van der Waals surface area contributed by atoms with Crippen molar-refractivity contribution in [2.75, 3.05) is 11.8 Å². The first-order valence-corrected chi connectivity index (χ1v) is 10.9. The predicted molar refractivity (Wildman–Crippen MR) is 116 cm³/mol. The Labute approximate surface area is 182 Å². The summed E-state index contributed by atoms with van der Waals surface area (Å²) >= 11 is 9.24. The maximum absolute atomic E-state index is 12.8. The Hall–Kier alpha value is -2.55. The van der Waals surface area contributed by atoms with Crippen molar-refractivity contribution in [1.29, 1.82) is 0 Å². The van der Waals surface area contributed by atoms with Crippen LogP contribution >= 0.6 is 27.5 Å². The third-order valence-electron chi connectivity index (χ3n) is 3.89. The molecule has 3 rings (SSSR count). The molecule has 0 spiro atoms. The summed E-state index contributed by atoms with van der Waals surface area (Å²) in [5.41, 5.74) is 0.455. The van der Waals surface area contributed by atoms with Gasteiger partial charge in [-0.2, -0.15) is 0 Å². The SMILES string of the molecule is COc1ccc(Cl)cc1N=C([O-])c1ccccc1NS(=O)(=O)c1ccc(Br)cc1. The highest BCUT2D eigenvalue weighted by atomic mass is 79.9. The average Bonchev–Trinajstić information content (AvgIpc) is 2.68. The van der Waals surface area contributed by atoms with E-state index in [2.05, 4.69) is 25.6 Å². The van der Waals surface area contributed by atoms with E-state index in [-0.39, 0.29) is 21.8 Å². The number of nitrogens with one attached hydrogen (secondary N) is 1. The molecule has 0 unspecified atom stereocenters. The van der Waals surface area contributed by atoms with Gasteiger partial charge in [-0.05, 0) is 54.4 Å². The van der Waals surface area contributed by atoms with Crippen LogP contribution in [-0.4, -0.2) is 21.4 Å². The lowest BCUT2D eigenvalue weighted by Gasteiger charge is -2.17. The summed E-state index contributed by atoms with van der Waals surface area (Å²) in [5.74, 6) is -0.268. The van der Waals surface area contributed by atoms with Gasteiger partial charge >= 0.3 is 0 Å². The zero-order valence-electron chi connectivity index (χ0n) is 15.1. The van der Waals surface area contributed by atoms with Gasteiger partial charge in [-0.1, -0.05) is 45.7 Å². The van der Waals surface area contributed by atoms with Gasteiger partial charge in [-0.15, -0.1) is 0 Å². The Balaban J connectivity index is 1.99. The maximum atomic E-state index is 12.8. The van der Waals surface area contributed by atoms with Gasteiger partial charge in [0.25, 0.3) is 10.0 Å². The number of rotatable bonds is 6. The zero-order chi connectivity index (χ0) is 21.0. The third-order valence-corrected chi connectivity index (χ3v) is 6.03. The van der Waals surface area contributed by atoms with Gasteiger partial charge in [0.15, 0.2) is 0 Å². The van der Waals surface area contributed by atoms with Crippen molar-refractivity contribution in [3.63, 3.8) is 0 Å². The lowest BCUT2D eigenvalue weighted by Crippen LogP contribution is -2.22. The Kier molecular flexibility index (Phi) is 6.46. The molecule has 0 heterocycles. The van der Waals surface area contributed by atoms with Crippen LogP contribution in [0.15, 0.2) is 81.1 Å². The molecule has 29 heavy (non-hydrogen) atoms. The Morgan fingerprint density at radius 1 is 1.10 bits per heavy atom. The normalized spacial score (nSPS) is 11.9. The highest BCUT2D eigenvalue weighted by Gasteiger charge is 2.16. The van der Waals surface area contributed by atoms with Crippen molar-refractivity contribution in [1.82, 2.24) is 0 Å². The summed E-state index contributed by atoms with van der Waals surface area (Å²) in [6.07, 6.45) is 0. The fourth-order valence-electron chi connectivity index (χ4n) is 2.50. The molecule has 3 aromatic rings. The van der Waals surface area contributed by atoms with Gasteiger partial charge in [0, 0.05) is 15.1 Å². The number of anilines is 1. The van der Waals surface area contributed by atoms with Crippen LogP contribution in [0.3, 0.4) is 0 Å². The van der Waals surface area contributed by atoms with Gasteiger partial charge in [0.1, 0.15) is 11.4 Å². The van der Waals surface area contributed by atoms with Crippen molar-refractivity contribution in [2.24, 2.45) is 4.99 Å². The molecule has 3 aromatic carbocycles. The summed E-state index contributed by atoms with van der Waals surface area (Å²) in [7, 11) is -2.44. The molecule has 0 aliphatic rings. The van der Waals surface area contributed by atoms with E-state index in [4.69, 9.17) is 16.3 Å². The van der Waals surface area contributed by atoms with Crippen LogP contribution in [0.25, 0.3) is 0 Å². The number of halogens is 2. The number of nitrogens with zero attached hydrogens (tertiary/aromatic N) is 1. The van der Waals surface area contributed by atoms with E-state index < -0.39 is 15.9 Å². The number of aliphatic imine (C=N–C) groups is 1. The van der Waals surface area contributed by atoms with Crippen molar-refractivity contribution in [2.45, 2.75) is 4.90 Å². The molecular formula is C20H15BrClN2O4S-. The van der Waals surface area contributed by atoms with E-state index in [9.17, 15) is 13.5 Å². The molecule has 0 aliphatic carbocycles. The predicted octanol–water partition coefficient (Wildman–Crippen LogP) is 4.35. The molecule has 0 aromatic heterocycles. The van der Waals surface area contributed by atoms with Gasteiger partial charge in [0.05, 0.1) is 17.7 Å². The first-order chi connectivity index (χ1) is 13.8. The van der Waals surface area contributed by atoms with Crippen molar-refractivity contribution in [3.8, 4) is 5.75 Å². The monoisotopic (exact) mass is 493 g/mol. The lowest BCUT2D eigenvalue weighted by molar-refractivity contribution is -0.212. The molecule has 0 atom stereocenters. The molecule has 0 fully saturated rings. The summed E-state index contributed by atoms with van der Waals surface area (Å²) in [4.78, 5) is 4.11. The van der Waals surface area contributed by atoms with Crippen molar-refractivity contribution >= 4 is 54.8 Å². The fourth-order valence-corrected chi connectivity index (χ4v) is 4.01. The molecule has 0 saturated carbocycles. The summed E-state index contributed by atoms with van der Waals surface area (Å²) < 4.78 is 33.8. The topological polar surface area (TPSA) is 90.8 Å². The van der Waals surface area contributed by atoms with Crippen LogP contribution in [0, 0.1) is 0 Å². The lowest BCUT2D eigenvalue weighted by atomic mass is 10.2. The van der Waals surface area contributed by atoms with Crippen LogP contribution < -0.4 is 14.6 Å². The maximum Gasteiger partial charge on any atom is 0.261 e. The first-order valence-electron chi connectivity index (χ1n) is 8.27. The van der Waals surface area contributed by atoms with Crippen LogP contribution in [-0.2, 0) is 10.0 Å². The zero-order valence-corrected chi connectivity index (χ0v) is 18.3. The Morgan fingerprint density at radius 2 is 1.79 bits per heavy atom. The summed E-state index contributed by atoms with van der Waals surface area (Å²) in [6.45, 7) is 0. The number of benzene rings is 3. The molecular weight excluding hydrogens is 480 g/mol. The molecule has 0 radical (unpaired) electrons. The molecule has 0 saturated heterocycles. The molecule has 0 amide bonds. The molecule has 6 nitrogen and oxygen atoms in total. The first kappa shape index (κ1) is 21.2. The Morgan fingerprint density at radius 3 is 2.48 bits per heavy atom. The summed E-state index contributed by atoms with van der Waals surface area (Å²) in [5, 5.41) is 13.2. The average molecular weight is 495 g/mol.